The number of amides is 2. The molecular weight excluding hydrogens is 340 g/mol. The lowest BCUT2D eigenvalue weighted by molar-refractivity contribution is -0.124. The van der Waals surface area contributed by atoms with Gasteiger partial charge in [0, 0.05) is 30.4 Å². The standard InChI is InChI=1S/C21H30N4O2/c1-14(2)22-19(26)10-11-20(27)23-18-13-17(21(4,5)6)24-25(18)16-9-7-8-15(3)12-16/h7-9,12-14H,10-11H2,1-6H3,(H,22,26)(H,23,27). The maximum absolute atomic E-state index is 12.4. The van der Waals surface area contributed by atoms with Crippen LogP contribution in [0.15, 0.2) is 30.3 Å². The van der Waals surface area contributed by atoms with E-state index in [1.54, 1.807) is 4.68 Å². The summed E-state index contributed by atoms with van der Waals surface area (Å²) in [6, 6.07) is 9.92. The molecule has 1 aromatic carbocycles. The third-order valence-electron chi connectivity index (χ3n) is 4.02. The highest BCUT2D eigenvalue weighted by Crippen LogP contribution is 2.26. The number of aryl methyl sites for hydroxylation is 1. The summed E-state index contributed by atoms with van der Waals surface area (Å²) < 4.78 is 1.75. The number of carbonyl (C=O) groups excluding carboxylic acids is 2. The van der Waals surface area contributed by atoms with Crippen molar-refractivity contribution >= 4 is 17.6 Å². The van der Waals surface area contributed by atoms with Crippen LogP contribution in [0, 0.1) is 6.92 Å². The summed E-state index contributed by atoms with van der Waals surface area (Å²) in [5, 5.41) is 10.4. The molecule has 0 aliphatic rings. The van der Waals surface area contributed by atoms with Crippen molar-refractivity contribution in [1.82, 2.24) is 15.1 Å². The molecule has 0 atom stereocenters. The minimum Gasteiger partial charge on any atom is -0.354 e. The molecule has 0 fully saturated rings. The van der Waals surface area contributed by atoms with E-state index >= 15 is 0 Å². The lowest BCUT2D eigenvalue weighted by atomic mass is 9.92. The Morgan fingerprint density at radius 2 is 1.78 bits per heavy atom. The van der Waals surface area contributed by atoms with E-state index in [2.05, 4.69) is 31.4 Å². The molecule has 0 spiro atoms. The van der Waals surface area contributed by atoms with Crippen molar-refractivity contribution in [2.24, 2.45) is 0 Å². The smallest absolute Gasteiger partial charge is 0.226 e. The minimum absolute atomic E-state index is 0.0673. The third kappa shape index (κ3) is 5.94. The van der Waals surface area contributed by atoms with E-state index in [0.29, 0.717) is 5.82 Å². The SMILES string of the molecule is Cc1cccc(-n2nc(C(C)(C)C)cc2NC(=O)CCC(=O)NC(C)C)c1. The largest absolute Gasteiger partial charge is 0.354 e. The number of nitrogens with zero attached hydrogens (tertiary/aromatic N) is 2. The molecule has 6 heteroatoms. The Hall–Kier alpha value is -2.63. The highest BCUT2D eigenvalue weighted by Gasteiger charge is 2.21. The molecule has 2 aromatic rings. The number of benzene rings is 1. The Morgan fingerprint density at radius 3 is 2.37 bits per heavy atom. The van der Waals surface area contributed by atoms with E-state index < -0.39 is 0 Å². The zero-order valence-electron chi connectivity index (χ0n) is 17.1. The molecule has 1 heterocycles. The summed E-state index contributed by atoms with van der Waals surface area (Å²) in [6.45, 7) is 12.1. The van der Waals surface area contributed by atoms with Gasteiger partial charge in [-0.2, -0.15) is 5.10 Å². The fourth-order valence-electron chi connectivity index (χ4n) is 2.62. The number of nitrogens with one attached hydrogen (secondary N) is 2. The van der Waals surface area contributed by atoms with Crippen LogP contribution in [-0.2, 0) is 15.0 Å². The quantitative estimate of drug-likeness (QED) is 0.814. The van der Waals surface area contributed by atoms with Crippen LogP contribution in [0.1, 0.15) is 58.7 Å². The number of hydrogen-bond acceptors (Lipinski definition) is 3. The van der Waals surface area contributed by atoms with E-state index in [9.17, 15) is 9.59 Å². The fraction of sp³-hybridized carbons (Fsp3) is 0.476. The molecule has 0 unspecified atom stereocenters. The van der Waals surface area contributed by atoms with E-state index in [1.165, 1.54) is 0 Å². The van der Waals surface area contributed by atoms with Gasteiger partial charge in [-0.1, -0.05) is 32.9 Å². The van der Waals surface area contributed by atoms with Crippen LogP contribution in [0.25, 0.3) is 5.69 Å². The van der Waals surface area contributed by atoms with Crippen LogP contribution in [-0.4, -0.2) is 27.6 Å². The highest BCUT2D eigenvalue weighted by molar-refractivity contribution is 5.92. The molecule has 146 valence electrons. The van der Waals surface area contributed by atoms with Gasteiger partial charge in [0.25, 0.3) is 0 Å². The lowest BCUT2D eigenvalue weighted by Crippen LogP contribution is -2.30. The predicted octanol–water partition coefficient (Wildman–Crippen LogP) is 3.72. The van der Waals surface area contributed by atoms with Crippen molar-refractivity contribution in [2.75, 3.05) is 5.32 Å². The van der Waals surface area contributed by atoms with Crippen molar-refractivity contribution in [3.05, 3.63) is 41.6 Å². The number of anilines is 1. The molecule has 0 bridgehead atoms. The van der Waals surface area contributed by atoms with Crippen LogP contribution in [0.4, 0.5) is 5.82 Å². The maximum atomic E-state index is 12.4. The normalized spacial score (nSPS) is 11.5. The van der Waals surface area contributed by atoms with Crippen molar-refractivity contribution in [1.29, 1.82) is 0 Å². The maximum Gasteiger partial charge on any atom is 0.226 e. The minimum atomic E-state index is -0.205. The number of hydrogen-bond donors (Lipinski definition) is 2. The fourth-order valence-corrected chi connectivity index (χ4v) is 2.62. The van der Waals surface area contributed by atoms with Gasteiger partial charge in [-0.05, 0) is 38.5 Å². The van der Waals surface area contributed by atoms with Gasteiger partial charge >= 0.3 is 0 Å². The third-order valence-corrected chi connectivity index (χ3v) is 4.02. The van der Waals surface area contributed by atoms with E-state index in [4.69, 9.17) is 5.10 Å². The molecule has 1 aromatic heterocycles. The molecule has 2 rings (SSSR count). The Balaban J connectivity index is 2.21. The second-order valence-corrected chi connectivity index (χ2v) is 8.19. The molecule has 27 heavy (non-hydrogen) atoms. The molecule has 0 saturated carbocycles. The van der Waals surface area contributed by atoms with Gasteiger partial charge < -0.3 is 10.6 Å². The van der Waals surface area contributed by atoms with Crippen LogP contribution < -0.4 is 10.6 Å². The molecule has 6 nitrogen and oxygen atoms in total. The summed E-state index contributed by atoms with van der Waals surface area (Å²) >= 11 is 0. The first-order valence-electron chi connectivity index (χ1n) is 9.33. The topological polar surface area (TPSA) is 76.0 Å². The van der Waals surface area contributed by atoms with Crippen molar-refractivity contribution < 1.29 is 9.59 Å². The zero-order valence-corrected chi connectivity index (χ0v) is 17.1. The first-order valence-corrected chi connectivity index (χ1v) is 9.33. The first-order chi connectivity index (χ1) is 12.6. The van der Waals surface area contributed by atoms with Gasteiger partial charge in [-0.25, -0.2) is 4.68 Å². The van der Waals surface area contributed by atoms with Crippen molar-refractivity contribution in [3.8, 4) is 5.69 Å². The van der Waals surface area contributed by atoms with E-state index in [0.717, 1.165) is 16.9 Å². The Kier molecular flexibility index (Phi) is 6.41. The summed E-state index contributed by atoms with van der Waals surface area (Å²) in [6.07, 6.45) is 0.289. The van der Waals surface area contributed by atoms with Crippen molar-refractivity contribution in [3.63, 3.8) is 0 Å². The highest BCUT2D eigenvalue weighted by atomic mass is 16.2. The number of rotatable bonds is 6. The van der Waals surface area contributed by atoms with E-state index in [-0.39, 0.29) is 36.1 Å². The zero-order chi connectivity index (χ0) is 20.2. The molecule has 2 N–H and O–H groups in total. The predicted molar refractivity (Wildman–Crippen MR) is 108 cm³/mol. The second-order valence-electron chi connectivity index (χ2n) is 8.19. The van der Waals surface area contributed by atoms with Crippen LogP contribution >= 0.6 is 0 Å². The number of carbonyl (C=O) groups is 2. The average Bonchev–Trinajstić information content (AvgIpc) is 2.96. The summed E-state index contributed by atoms with van der Waals surface area (Å²) in [7, 11) is 0. The van der Waals surface area contributed by atoms with Crippen molar-refractivity contribution in [2.45, 2.75) is 65.8 Å². The summed E-state index contributed by atoms with van der Waals surface area (Å²) in [5.41, 5.74) is 2.74. The van der Waals surface area contributed by atoms with Gasteiger partial charge in [0.2, 0.25) is 11.8 Å². The Morgan fingerprint density at radius 1 is 1.11 bits per heavy atom. The van der Waals surface area contributed by atoms with Gasteiger partial charge in [0.05, 0.1) is 11.4 Å². The van der Waals surface area contributed by atoms with Crippen LogP contribution in [0.3, 0.4) is 0 Å². The molecule has 2 amide bonds. The Labute approximate surface area is 161 Å². The van der Waals surface area contributed by atoms with E-state index in [1.807, 2.05) is 51.1 Å². The Bertz CT molecular complexity index is 816. The summed E-state index contributed by atoms with van der Waals surface area (Å²) in [4.78, 5) is 24.1. The number of aromatic nitrogens is 2. The van der Waals surface area contributed by atoms with Gasteiger partial charge in [0.15, 0.2) is 0 Å². The molecule has 0 saturated heterocycles. The summed E-state index contributed by atoms with van der Waals surface area (Å²) in [5.74, 6) is 0.283. The monoisotopic (exact) mass is 370 g/mol. The molecule has 0 radical (unpaired) electrons. The average molecular weight is 370 g/mol. The van der Waals surface area contributed by atoms with Gasteiger partial charge in [-0.15, -0.1) is 0 Å². The van der Waals surface area contributed by atoms with Crippen LogP contribution in [0.5, 0.6) is 0 Å². The van der Waals surface area contributed by atoms with Gasteiger partial charge in [0.1, 0.15) is 5.82 Å². The molecular formula is C21H30N4O2. The first kappa shape index (κ1) is 20.7. The van der Waals surface area contributed by atoms with Gasteiger partial charge in [-0.3, -0.25) is 9.59 Å². The second kappa shape index (κ2) is 8.37. The van der Waals surface area contributed by atoms with Crippen LogP contribution in [0.2, 0.25) is 0 Å². The molecule has 0 aliphatic heterocycles. The lowest BCUT2D eigenvalue weighted by Gasteiger charge is -2.14. The molecule has 0 aliphatic carbocycles.